The summed E-state index contributed by atoms with van der Waals surface area (Å²) in [7, 11) is 1.35. The number of rotatable bonds is 4. The van der Waals surface area contributed by atoms with E-state index in [1.165, 1.54) is 25.3 Å². The van der Waals surface area contributed by atoms with Crippen LogP contribution in [0.4, 0.5) is 5.69 Å². The minimum absolute atomic E-state index is 0.0731. The topological polar surface area (TPSA) is 97.6 Å². The number of hydrogen-bond donors (Lipinski definition) is 1. The van der Waals surface area contributed by atoms with Gasteiger partial charge in [0, 0.05) is 49.7 Å². The minimum Gasteiger partial charge on any atom is -0.490 e. The molecule has 3 rings (SSSR count). The molecule has 0 bridgehead atoms. The van der Waals surface area contributed by atoms with Crippen LogP contribution in [0, 0.1) is 10.1 Å². The van der Waals surface area contributed by atoms with E-state index in [1.54, 1.807) is 17.3 Å². The third-order valence-electron chi connectivity index (χ3n) is 4.20. The number of methoxy groups -OCH3 is 1. The minimum atomic E-state index is -0.531. The van der Waals surface area contributed by atoms with Crippen molar-refractivity contribution < 1.29 is 14.5 Å². The molecule has 2 heterocycles. The van der Waals surface area contributed by atoms with Crippen molar-refractivity contribution in [2.45, 2.75) is 6.04 Å². The molecule has 1 N–H and O–H groups in total. The predicted octanol–water partition coefficient (Wildman–Crippen LogP) is 1.79. The number of amides is 1. The average Bonchev–Trinajstić information content (AvgIpc) is 2.67. The van der Waals surface area contributed by atoms with Crippen molar-refractivity contribution in [2.24, 2.45) is 0 Å². The van der Waals surface area contributed by atoms with Gasteiger partial charge in [-0.2, -0.15) is 0 Å². The fraction of sp³-hybridized carbons (Fsp3) is 0.294. The van der Waals surface area contributed by atoms with Gasteiger partial charge >= 0.3 is 5.69 Å². The van der Waals surface area contributed by atoms with Crippen molar-refractivity contribution in [1.82, 2.24) is 15.2 Å². The lowest BCUT2D eigenvalue weighted by atomic mass is 10.0. The van der Waals surface area contributed by atoms with Crippen LogP contribution in [0.15, 0.2) is 42.7 Å². The van der Waals surface area contributed by atoms with Crippen LogP contribution in [0.5, 0.6) is 5.75 Å². The van der Waals surface area contributed by atoms with Gasteiger partial charge in [0.05, 0.1) is 18.1 Å². The first-order valence-corrected chi connectivity index (χ1v) is 7.86. The number of nitrogens with one attached hydrogen (secondary N) is 1. The summed E-state index contributed by atoms with van der Waals surface area (Å²) in [5, 5.41) is 14.3. The highest BCUT2D eigenvalue weighted by Gasteiger charge is 2.29. The number of carbonyl (C=O) groups excluding carboxylic acids is 1. The molecule has 0 spiro atoms. The van der Waals surface area contributed by atoms with Gasteiger partial charge in [0.15, 0.2) is 5.75 Å². The van der Waals surface area contributed by atoms with Crippen LogP contribution in [-0.2, 0) is 0 Å². The number of nitro groups is 1. The summed E-state index contributed by atoms with van der Waals surface area (Å²) in [5.41, 5.74) is 1.14. The zero-order valence-corrected chi connectivity index (χ0v) is 13.7. The van der Waals surface area contributed by atoms with Crippen LogP contribution in [0.3, 0.4) is 0 Å². The number of piperazine rings is 1. The second-order valence-electron chi connectivity index (χ2n) is 5.65. The molecule has 0 radical (unpaired) electrons. The lowest BCUT2D eigenvalue weighted by Crippen LogP contribution is -2.48. The third kappa shape index (κ3) is 3.43. The van der Waals surface area contributed by atoms with Crippen molar-refractivity contribution in [1.29, 1.82) is 0 Å². The SMILES string of the molecule is COc1cc(C(=O)N2CCNCC2c2cccnc2)ccc1[N+](=O)[O-]. The molecule has 25 heavy (non-hydrogen) atoms. The van der Waals surface area contributed by atoms with E-state index in [0.717, 1.165) is 5.56 Å². The lowest BCUT2D eigenvalue weighted by Gasteiger charge is -2.36. The number of pyridine rings is 1. The van der Waals surface area contributed by atoms with Crippen LogP contribution >= 0.6 is 0 Å². The highest BCUT2D eigenvalue weighted by molar-refractivity contribution is 5.95. The quantitative estimate of drug-likeness (QED) is 0.672. The molecule has 1 aromatic heterocycles. The number of benzene rings is 1. The molecule has 1 aliphatic rings. The molecule has 0 saturated carbocycles. The number of aromatic nitrogens is 1. The van der Waals surface area contributed by atoms with Gasteiger partial charge in [-0.25, -0.2) is 0 Å². The predicted molar refractivity (Wildman–Crippen MR) is 90.5 cm³/mol. The molecule has 1 amide bonds. The highest BCUT2D eigenvalue weighted by Crippen LogP contribution is 2.30. The zero-order valence-electron chi connectivity index (χ0n) is 13.7. The Hall–Kier alpha value is -3.00. The number of ether oxygens (including phenoxy) is 1. The van der Waals surface area contributed by atoms with E-state index in [1.807, 2.05) is 12.1 Å². The number of nitro benzene ring substituents is 1. The van der Waals surface area contributed by atoms with Crippen LogP contribution in [0.1, 0.15) is 22.0 Å². The smallest absolute Gasteiger partial charge is 0.310 e. The van der Waals surface area contributed by atoms with Gasteiger partial charge in [0.2, 0.25) is 0 Å². The number of nitrogens with zero attached hydrogens (tertiary/aromatic N) is 3. The largest absolute Gasteiger partial charge is 0.490 e. The number of carbonyl (C=O) groups is 1. The monoisotopic (exact) mass is 342 g/mol. The first kappa shape index (κ1) is 16.8. The van der Waals surface area contributed by atoms with Crippen molar-refractivity contribution >= 4 is 11.6 Å². The Bertz CT molecular complexity index is 781. The van der Waals surface area contributed by atoms with Gasteiger partial charge in [-0.1, -0.05) is 6.07 Å². The molecular weight excluding hydrogens is 324 g/mol. The van der Waals surface area contributed by atoms with E-state index in [9.17, 15) is 14.9 Å². The first-order valence-electron chi connectivity index (χ1n) is 7.86. The van der Waals surface area contributed by atoms with Gasteiger partial charge in [-0.3, -0.25) is 19.9 Å². The molecule has 1 atom stereocenters. The van der Waals surface area contributed by atoms with Crippen molar-refractivity contribution in [3.63, 3.8) is 0 Å². The van der Waals surface area contributed by atoms with Crippen LogP contribution < -0.4 is 10.1 Å². The van der Waals surface area contributed by atoms with Crippen molar-refractivity contribution in [3.05, 3.63) is 64.0 Å². The van der Waals surface area contributed by atoms with E-state index < -0.39 is 4.92 Å². The summed E-state index contributed by atoms with van der Waals surface area (Å²) >= 11 is 0. The summed E-state index contributed by atoms with van der Waals surface area (Å²) in [5.74, 6) is -0.118. The Labute approximate surface area is 144 Å². The summed E-state index contributed by atoms with van der Waals surface area (Å²) in [4.78, 5) is 29.4. The molecule has 1 aliphatic heterocycles. The third-order valence-corrected chi connectivity index (χ3v) is 4.20. The molecule has 130 valence electrons. The highest BCUT2D eigenvalue weighted by atomic mass is 16.6. The summed E-state index contributed by atoms with van der Waals surface area (Å²) < 4.78 is 5.06. The van der Waals surface area contributed by atoms with Gasteiger partial charge in [0.1, 0.15) is 0 Å². The zero-order chi connectivity index (χ0) is 17.8. The summed E-state index contributed by atoms with van der Waals surface area (Å²) in [6.07, 6.45) is 3.43. The first-order chi connectivity index (χ1) is 12.1. The van der Waals surface area contributed by atoms with Gasteiger partial charge in [-0.15, -0.1) is 0 Å². The Morgan fingerprint density at radius 2 is 2.28 bits per heavy atom. The molecule has 2 aromatic rings. The van der Waals surface area contributed by atoms with E-state index >= 15 is 0 Å². The van der Waals surface area contributed by atoms with E-state index in [0.29, 0.717) is 25.2 Å². The fourth-order valence-corrected chi connectivity index (χ4v) is 2.95. The normalized spacial score (nSPS) is 17.2. The molecule has 8 nitrogen and oxygen atoms in total. The Morgan fingerprint density at radius 3 is 2.96 bits per heavy atom. The Balaban J connectivity index is 1.91. The molecule has 1 fully saturated rings. The van der Waals surface area contributed by atoms with Crippen LogP contribution in [0.25, 0.3) is 0 Å². The average molecular weight is 342 g/mol. The van der Waals surface area contributed by atoms with E-state index in [4.69, 9.17) is 4.74 Å². The summed E-state index contributed by atoms with van der Waals surface area (Å²) in [6.45, 7) is 1.85. The maximum absolute atomic E-state index is 13.0. The molecule has 1 unspecified atom stereocenters. The van der Waals surface area contributed by atoms with Crippen molar-refractivity contribution in [3.8, 4) is 5.75 Å². The van der Waals surface area contributed by atoms with E-state index in [2.05, 4.69) is 10.3 Å². The maximum atomic E-state index is 13.0. The molecule has 0 aliphatic carbocycles. The van der Waals surface area contributed by atoms with Gasteiger partial charge < -0.3 is 15.0 Å². The van der Waals surface area contributed by atoms with E-state index in [-0.39, 0.29) is 23.4 Å². The fourth-order valence-electron chi connectivity index (χ4n) is 2.95. The van der Waals surface area contributed by atoms with Crippen LogP contribution in [0.2, 0.25) is 0 Å². The Kier molecular flexibility index (Phi) is 4.90. The molecule has 8 heteroatoms. The molecule has 1 saturated heterocycles. The second kappa shape index (κ2) is 7.27. The molecular formula is C17H18N4O4. The second-order valence-corrected chi connectivity index (χ2v) is 5.65. The van der Waals surface area contributed by atoms with Gasteiger partial charge in [0.25, 0.3) is 5.91 Å². The standard InChI is InChI=1S/C17H18N4O4/c1-25-16-9-12(4-5-14(16)21(23)24)17(22)20-8-7-19-11-15(20)13-3-2-6-18-10-13/h2-6,9-10,15,19H,7-8,11H2,1H3. The van der Waals surface area contributed by atoms with Gasteiger partial charge in [-0.05, 0) is 17.7 Å². The summed E-state index contributed by atoms with van der Waals surface area (Å²) in [6, 6.07) is 7.81. The molecule has 1 aromatic carbocycles. The van der Waals surface area contributed by atoms with Crippen molar-refractivity contribution in [2.75, 3.05) is 26.7 Å². The maximum Gasteiger partial charge on any atom is 0.310 e. The lowest BCUT2D eigenvalue weighted by molar-refractivity contribution is -0.385. The Morgan fingerprint density at radius 1 is 1.44 bits per heavy atom. The van der Waals surface area contributed by atoms with Crippen LogP contribution in [-0.4, -0.2) is 47.5 Å². The number of hydrogen-bond acceptors (Lipinski definition) is 6.